The molecule has 5 rings (SSSR count). The summed E-state index contributed by atoms with van der Waals surface area (Å²) in [6, 6.07) is 5.62. The fourth-order valence-electron chi connectivity index (χ4n) is 7.06. The van der Waals surface area contributed by atoms with Gasteiger partial charge in [-0.25, -0.2) is 4.98 Å². The molecule has 10 heteroatoms. The van der Waals surface area contributed by atoms with Crippen LogP contribution in [0.3, 0.4) is 0 Å². The molecular formula is C31H49N3O6S. The van der Waals surface area contributed by atoms with Crippen molar-refractivity contribution in [1.29, 1.82) is 0 Å². The first kappa shape index (κ1) is 31.1. The van der Waals surface area contributed by atoms with Gasteiger partial charge in [0.2, 0.25) is 0 Å². The number of nitrogens with one attached hydrogen (secondary N) is 1. The zero-order chi connectivity index (χ0) is 28.3. The van der Waals surface area contributed by atoms with Crippen LogP contribution in [0.15, 0.2) is 12.1 Å². The summed E-state index contributed by atoms with van der Waals surface area (Å²) >= 11 is 1.77. The third kappa shape index (κ3) is 7.97. The Labute approximate surface area is 249 Å². The number of rotatable bonds is 19. The Morgan fingerprint density at radius 1 is 0.878 bits per heavy atom. The monoisotopic (exact) mass is 591 g/mol. The summed E-state index contributed by atoms with van der Waals surface area (Å²) in [5.74, 6) is 0.812. The molecule has 0 amide bonds. The molecule has 9 nitrogen and oxygen atoms in total. The van der Waals surface area contributed by atoms with Gasteiger partial charge in [-0.1, -0.05) is 24.2 Å². The van der Waals surface area contributed by atoms with Gasteiger partial charge in [0.25, 0.3) is 0 Å². The maximum absolute atomic E-state index is 5.74. The number of likely N-dealkylation sites (N-methyl/N-ethyl adjacent to an activating group) is 1. The molecule has 0 radical (unpaired) electrons. The number of aromatic nitrogens is 1. The molecule has 230 valence electrons. The molecule has 2 heterocycles. The molecule has 2 aliphatic carbocycles. The van der Waals surface area contributed by atoms with E-state index in [0.717, 1.165) is 23.1 Å². The van der Waals surface area contributed by atoms with E-state index in [1.807, 2.05) is 0 Å². The van der Waals surface area contributed by atoms with Crippen LogP contribution in [0.2, 0.25) is 0 Å². The number of fused-ring (bicyclic) bond motifs is 2. The Balaban J connectivity index is 0.945. The van der Waals surface area contributed by atoms with E-state index in [1.165, 1.54) is 49.8 Å². The van der Waals surface area contributed by atoms with Gasteiger partial charge in [0.1, 0.15) is 0 Å². The predicted octanol–water partition coefficient (Wildman–Crippen LogP) is 4.13. The Morgan fingerprint density at radius 3 is 2.22 bits per heavy atom. The number of anilines is 1. The molecule has 1 aromatic carbocycles. The third-order valence-electron chi connectivity index (χ3n) is 9.06. The molecule has 1 saturated heterocycles. The Hall–Kier alpha value is -1.37. The maximum atomic E-state index is 5.74. The highest BCUT2D eigenvalue weighted by Crippen LogP contribution is 2.56. The summed E-state index contributed by atoms with van der Waals surface area (Å²) in [7, 11) is 4.00. The van der Waals surface area contributed by atoms with Crippen LogP contribution in [0.1, 0.15) is 43.2 Å². The average molecular weight is 592 g/mol. The number of hydrogen-bond donors (Lipinski definition) is 1. The minimum absolute atomic E-state index is 0.380. The number of nitrogens with zero attached hydrogens (tertiary/aromatic N) is 2. The molecule has 1 saturated carbocycles. The molecule has 1 aromatic heterocycles. The number of piperidine rings is 1. The third-order valence-corrected chi connectivity index (χ3v) is 10.0. The lowest BCUT2D eigenvalue weighted by Crippen LogP contribution is -2.59. The largest absolute Gasteiger partial charge is 0.382 e. The SMILES string of the molecule is COCCOCCOCCOCCOCCOCCNc1nc2cc3c(cc2s1)C[C@@H]1[C@@H]2CCCC[C@]32CCN1C. The van der Waals surface area contributed by atoms with E-state index in [2.05, 4.69) is 29.4 Å². The lowest BCUT2D eigenvalue weighted by Gasteiger charge is -2.58. The summed E-state index contributed by atoms with van der Waals surface area (Å²) in [6.07, 6.45) is 7.99. The van der Waals surface area contributed by atoms with E-state index in [0.29, 0.717) is 84.1 Å². The van der Waals surface area contributed by atoms with Crippen molar-refractivity contribution in [3.05, 3.63) is 23.3 Å². The van der Waals surface area contributed by atoms with Crippen molar-refractivity contribution in [1.82, 2.24) is 9.88 Å². The Kier molecular flexibility index (Phi) is 12.1. The van der Waals surface area contributed by atoms with Gasteiger partial charge in [-0.15, -0.1) is 0 Å². The van der Waals surface area contributed by atoms with Crippen molar-refractivity contribution in [2.75, 3.05) is 105 Å². The molecule has 41 heavy (non-hydrogen) atoms. The maximum Gasteiger partial charge on any atom is 0.183 e. The number of thiazole rings is 1. The van der Waals surface area contributed by atoms with Crippen molar-refractivity contribution in [2.45, 2.75) is 50.0 Å². The van der Waals surface area contributed by atoms with Gasteiger partial charge in [0, 0.05) is 25.1 Å². The first-order valence-electron chi connectivity index (χ1n) is 15.5. The lowest BCUT2D eigenvalue weighted by atomic mass is 9.52. The zero-order valence-electron chi connectivity index (χ0n) is 25.0. The van der Waals surface area contributed by atoms with Crippen molar-refractivity contribution in [3.8, 4) is 0 Å². The van der Waals surface area contributed by atoms with Crippen LogP contribution in [0.25, 0.3) is 10.2 Å². The van der Waals surface area contributed by atoms with Gasteiger partial charge in [-0.3, -0.25) is 0 Å². The summed E-state index contributed by atoms with van der Waals surface area (Å²) in [5, 5.41) is 4.46. The normalized spacial score (nSPS) is 24.0. The number of ether oxygens (including phenoxy) is 6. The zero-order valence-corrected chi connectivity index (χ0v) is 25.8. The molecule has 3 atom stereocenters. The van der Waals surface area contributed by atoms with Gasteiger partial charge in [-0.05, 0) is 68.5 Å². The van der Waals surface area contributed by atoms with Crippen LogP contribution in [0.4, 0.5) is 5.13 Å². The first-order chi connectivity index (χ1) is 20.2. The molecule has 2 aromatic rings. The highest BCUT2D eigenvalue weighted by atomic mass is 32.1. The quantitative estimate of drug-likeness (QED) is 0.243. The van der Waals surface area contributed by atoms with E-state index in [4.69, 9.17) is 33.4 Å². The number of methoxy groups -OCH3 is 1. The second kappa shape index (κ2) is 15.9. The molecule has 0 spiro atoms. The van der Waals surface area contributed by atoms with Crippen molar-refractivity contribution >= 4 is 26.7 Å². The minimum Gasteiger partial charge on any atom is -0.382 e. The topological polar surface area (TPSA) is 83.5 Å². The average Bonchev–Trinajstić information content (AvgIpc) is 3.39. The molecule has 3 aliphatic rings. The van der Waals surface area contributed by atoms with Gasteiger partial charge in [0.15, 0.2) is 5.13 Å². The molecule has 2 bridgehead atoms. The minimum atomic E-state index is 0.380. The fourth-order valence-corrected chi connectivity index (χ4v) is 7.99. The molecular weight excluding hydrogens is 542 g/mol. The Morgan fingerprint density at radius 2 is 1.54 bits per heavy atom. The second-order valence-electron chi connectivity index (χ2n) is 11.5. The summed E-state index contributed by atoms with van der Waals surface area (Å²) in [5.41, 5.74) is 4.73. The first-order valence-corrected chi connectivity index (χ1v) is 16.3. The lowest BCUT2D eigenvalue weighted by molar-refractivity contribution is -0.0141. The molecule has 1 N–H and O–H groups in total. The van der Waals surface area contributed by atoms with Gasteiger partial charge in [-0.2, -0.15) is 0 Å². The highest BCUT2D eigenvalue weighted by molar-refractivity contribution is 7.22. The molecule has 1 aliphatic heterocycles. The van der Waals surface area contributed by atoms with E-state index in [1.54, 1.807) is 29.6 Å². The van der Waals surface area contributed by atoms with E-state index >= 15 is 0 Å². The van der Waals surface area contributed by atoms with E-state index in [-0.39, 0.29) is 0 Å². The summed E-state index contributed by atoms with van der Waals surface area (Å²) < 4.78 is 33.8. The number of hydrogen-bond acceptors (Lipinski definition) is 10. The molecule has 0 unspecified atom stereocenters. The van der Waals surface area contributed by atoms with Crippen LogP contribution in [-0.2, 0) is 40.3 Å². The van der Waals surface area contributed by atoms with Crippen LogP contribution >= 0.6 is 11.3 Å². The fraction of sp³-hybridized carbons (Fsp3) is 0.774. The number of benzene rings is 1. The second-order valence-corrected chi connectivity index (χ2v) is 12.5. The van der Waals surface area contributed by atoms with Crippen molar-refractivity contribution in [2.24, 2.45) is 5.92 Å². The van der Waals surface area contributed by atoms with Crippen molar-refractivity contribution in [3.63, 3.8) is 0 Å². The van der Waals surface area contributed by atoms with Gasteiger partial charge < -0.3 is 38.6 Å². The smallest absolute Gasteiger partial charge is 0.183 e. The van der Waals surface area contributed by atoms with E-state index in [9.17, 15) is 0 Å². The molecule has 2 fully saturated rings. The van der Waals surface area contributed by atoms with Crippen molar-refractivity contribution < 1.29 is 28.4 Å². The standard InChI is InChI=1S/C31H49N3O6S/c1-34-9-7-31-6-4-3-5-25(31)28(34)21-24-22-29-27(23-26(24)31)33-30(41-29)32-8-10-36-13-14-38-17-18-40-20-19-39-16-15-37-12-11-35-2/h22-23,25,28H,3-21H2,1-2H3,(H,32,33)/t25-,28+,31+/m0/s1. The summed E-state index contributed by atoms with van der Waals surface area (Å²) in [6.45, 7) is 8.26. The van der Waals surface area contributed by atoms with Crippen LogP contribution in [0.5, 0.6) is 0 Å². The Bertz CT molecular complexity index is 1070. The summed E-state index contributed by atoms with van der Waals surface area (Å²) in [4.78, 5) is 7.61. The highest BCUT2D eigenvalue weighted by Gasteiger charge is 2.53. The van der Waals surface area contributed by atoms with Gasteiger partial charge in [0.05, 0.1) is 82.9 Å². The van der Waals surface area contributed by atoms with Crippen LogP contribution in [-0.4, -0.2) is 116 Å². The van der Waals surface area contributed by atoms with Gasteiger partial charge >= 0.3 is 0 Å². The predicted molar refractivity (Wildman–Crippen MR) is 162 cm³/mol. The van der Waals surface area contributed by atoms with Crippen LogP contribution < -0.4 is 5.32 Å². The van der Waals surface area contributed by atoms with E-state index < -0.39 is 0 Å². The number of likely N-dealkylation sites (tertiary alicyclic amines) is 1. The van der Waals surface area contributed by atoms with Crippen LogP contribution in [0, 0.1) is 5.92 Å².